The van der Waals surface area contributed by atoms with E-state index >= 15 is 0 Å². The number of rotatable bonds is 1. The SMILES string of the molecule is C=C/C=C1/NC(C)=NC(C)(C)/C1=C/C.CC.CC. The molecule has 0 aromatic heterocycles. The molecule has 0 spiro atoms. The van der Waals surface area contributed by atoms with Crippen molar-refractivity contribution in [3.63, 3.8) is 0 Å². The Bertz CT molecular complexity index is 331. The fraction of sp³-hybridized carbons (Fsp3) is 0.562. The van der Waals surface area contributed by atoms with Gasteiger partial charge in [-0.3, -0.25) is 4.99 Å². The standard InChI is InChI=1S/C12H18N2.2C2H6/c1-6-8-11-10(7-2)12(4,5)14-9(3)13-11;2*1-2/h6-8H,1H2,2-5H3,(H,13,14);2*1-2H3/b10-7+,11-8+;;. The van der Waals surface area contributed by atoms with E-state index in [4.69, 9.17) is 0 Å². The van der Waals surface area contributed by atoms with Crippen molar-refractivity contribution in [3.8, 4) is 0 Å². The van der Waals surface area contributed by atoms with Crippen LogP contribution in [0.1, 0.15) is 55.4 Å². The van der Waals surface area contributed by atoms with Crippen molar-refractivity contribution in [2.24, 2.45) is 4.99 Å². The molecule has 1 N–H and O–H groups in total. The predicted molar refractivity (Wildman–Crippen MR) is 85.1 cm³/mol. The summed E-state index contributed by atoms with van der Waals surface area (Å²) in [5, 5.41) is 3.25. The maximum atomic E-state index is 4.56. The van der Waals surface area contributed by atoms with E-state index in [2.05, 4.69) is 36.8 Å². The van der Waals surface area contributed by atoms with E-state index in [0.717, 1.165) is 11.5 Å². The van der Waals surface area contributed by atoms with Gasteiger partial charge in [-0.25, -0.2) is 0 Å². The minimum absolute atomic E-state index is 0.140. The molecular formula is C16H30N2. The topological polar surface area (TPSA) is 24.4 Å². The Kier molecular flexibility index (Phi) is 10.3. The van der Waals surface area contributed by atoms with Gasteiger partial charge in [-0.05, 0) is 39.3 Å². The maximum Gasteiger partial charge on any atom is 0.0986 e. The summed E-state index contributed by atoms with van der Waals surface area (Å²) in [6.45, 7) is 20.0. The zero-order valence-electron chi connectivity index (χ0n) is 13.4. The van der Waals surface area contributed by atoms with E-state index in [1.54, 1.807) is 6.08 Å². The number of amidine groups is 1. The first-order valence-corrected chi connectivity index (χ1v) is 6.84. The van der Waals surface area contributed by atoms with E-state index in [9.17, 15) is 0 Å². The molecule has 0 radical (unpaired) electrons. The van der Waals surface area contributed by atoms with Gasteiger partial charge in [0.2, 0.25) is 0 Å². The number of hydrogen-bond donors (Lipinski definition) is 1. The van der Waals surface area contributed by atoms with Crippen LogP contribution in [-0.2, 0) is 0 Å². The van der Waals surface area contributed by atoms with Crippen molar-refractivity contribution in [1.29, 1.82) is 0 Å². The van der Waals surface area contributed by atoms with Crippen LogP contribution < -0.4 is 5.32 Å². The molecule has 0 bridgehead atoms. The molecule has 2 nitrogen and oxygen atoms in total. The van der Waals surface area contributed by atoms with Crippen LogP contribution in [0.5, 0.6) is 0 Å². The molecule has 1 aliphatic heterocycles. The Hall–Kier alpha value is -1.31. The van der Waals surface area contributed by atoms with Gasteiger partial charge in [-0.1, -0.05) is 46.4 Å². The van der Waals surface area contributed by atoms with Crippen molar-refractivity contribution in [3.05, 3.63) is 36.1 Å². The first-order valence-electron chi connectivity index (χ1n) is 6.84. The molecule has 1 rings (SSSR count). The van der Waals surface area contributed by atoms with Crippen molar-refractivity contribution in [2.45, 2.75) is 60.9 Å². The van der Waals surface area contributed by atoms with Crippen molar-refractivity contribution in [2.75, 3.05) is 0 Å². The number of hydrogen-bond acceptors (Lipinski definition) is 2. The van der Waals surface area contributed by atoms with Gasteiger partial charge in [-0.15, -0.1) is 0 Å². The number of nitrogens with one attached hydrogen (secondary N) is 1. The molecule has 0 aliphatic carbocycles. The summed E-state index contributed by atoms with van der Waals surface area (Å²) < 4.78 is 0. The van der Waals surface area contributed by atoms with E-state index in [1.165, 1.54) is 5.57 Å². The van der Waals surface area contributed by atoms with Crippen LogP contribution >= 0.6 is 0 Å². The average molecular weight is 250 g/mol. The normalized spacial score (nSPS) is 20.8. The zero-order valence-corrected chi connectivity index (χ0v) is 13.4. The highest BCUT2D eigenvalue weighted by molar-refractivity contribution is 5.85. The molecule has 0 aromatic carbocycles. The number of allylic oxidation sites excluding steroid dienone is 3. The highest BCUT2D eigenvalue weighted by Crippen LogP contribution is 2.29. The fourth-order valence-electron chi connectivity index (χ4n) is 1.86. The van der Waals surface area contributed by atoms with Gasteiger partial charge in [0, 0.05) is 5.70 Å². The number of aliphatic imine (C=N–C) groups is 1. The van der Waals surface area contributed by atoms with E-state index in [1.807, 2.05) is 47.6 Å². The monoisotopic (exact) mass is 250 g/mol. The molecule has 104 valence electrons. The van der Waals surface area contributed by atoms with E-state index in [-0.39, 0.29) is 5.54 Å². The van der Waals surface area contributed by atoms with Crippen LogP contribution in [0.2, 0.25) is 0 Å². The largest absolute Gasteiger partial charge is 0.344 e. The first-order chi connectivity index (χ1) is 8.51. The lowest BCUT2D eigenvalue weighted by molar-refractivity contribution is 0.594. The zero-order chi connectivity index (χ0) is 14.8. The minimum atomic E-state index is -0.140. The lowest BCUT2D eigenvalue weighted by Gasteiger charge is -2.32. The molecule has 0 amide bonds. The van der Waals surface area contributed by atoms with Crippen LogP contribution in [0.15, 0.2) is 41.1 Å². The summed E-state index contributed by atoms with van der Waals surface area (Å²) in [4.78, 5) is 4.56. The van der Waals surface area contributed by atoms with Gasteiger partial charge in [0.05, 0.1) is 11.4 Å². The predicted octanol–water partition coefficient (Wildman–Crippen LogP) is 4.86. The van der Waals surface area contributed by atoms with Gasteiger partial charge >= 0.3 is 0 Å². The van der Waals surface area contributed by atoms with Crippen LogP contribution in [0.4, 0.5) is 0 Å². The first kappa shape index (κ1) is 19.0. The van der Waals surface area contributed by atoms with Gasteiger partial charge in [-0.2, -0.15) is 0 Å². The van der Waals surface area contributed by atoms with Gasteiger partial charge in [0.15, 0.2) is 0 Å². The summed E-state index contributed by atoms with van der Waals surface area (Å²) in [6.07, 6.45) is 5.87. The van der Waals surface area contributed by atoms with Gasteiger partial charge < -0.3 is 5.32 Å². The van der Waals surface area contributed by atoms with Crippen molar-refractivity contribution >= 4 is 5.84 Å². The Morgan fingerprint density at radius 2 is 1.67 bits per heavy atom. The second kappa shape index (κ2) is 9.69. The van der Waals surface area contributed by atoms with Crippen molar-refractivity contribution in [1.82, 2.24) is 5.32 Å². The quantitative estimate of drug-likeness (QED) is 0.706. The van der Waals surface area contributed by atoms with E-state index in [0.29, 0.717) is 0 Å². The summed E-state index contributed by atoms with van der Waals surface area (Å²) in [7, 11) is 0. The Labute approximate surface area is 114 Å². The molecular weight excluding hydrogens is 220 g/mol. The molecule has 0 saturated heterocycles. The summed E-state index contributed by atoms with van der Waals surface area (Å²) in [5.41, 5.74) is 2.17. The fourth-order valence-corrected chi connectivity index (χ4v) is 1.86. The van der Waals surface area contributed by atoms with Crippen LogP contribution in [0.25, 0.3) is 0 Å². The number of nitrogens with zero attached hydrogens (tertiary/aromatic N) is 1. The Balaban J connectivity index is 0. The molecule has 0 saturated carbocycles. The third-order valence-corrected chi connectivity index (χ3v) is 2.29. The van der Waals surface area contributed by atoms with E-state index < -0.39 is 0 Å². The molecule has 2 heteroatoms. The molecule has 1 heterocycles. The van der Waals surface area contributed by atoms with Crippen molar-refractivity contribution < 1.29 is 0 Å². The highest BCUT2D eigenvalue weighted by atomic mass is 15.1. The lowest BCUT2D eigenvalue weighted by Crippen LogP contribution is -2.37. The van der Waals surface area contributed by atoms with Crippen LogP contribution in [0.3, 0.4) is 0 Å². The Morgan fingerprint density at radius 1 is 1.17 bits per heavy atom. The summed E-state index contributed by atoms with van der Waals surface area (Å²) in [6, 6.07) is 0. The third kappa shape index (κ3) is 5.35. The summed E-state index contributed by atoms with van der Waals surface area (Å²) in [5.74, 6) is 0.952. The smallest absolute Gasteiger partial charge is 0.0986 e. The minimum Gasteiger partial charge on any atom is -0.344 e. The Morgan fingerprint density at radius 3 is 2.06 bits per heavy atom. The second-order valence-corrected chi connectivity index (χ2v) is 3.90. The maximum absolute atomic E-state index is 4.56. The second-order valence-electron chi connectivity index (χ2n) is 3.90. The highest BCUT2D eigenvalue weighted by Gasteiger charge is 2.28. The molecule has 1 aliphatic rings. The van der Waals surface area contributed by atoms with Gasteiger partial charge in [0.25, 0.3) is 0 Å². The van der Waals surface area contributed by atoms with Crippen LogP contribution in [-0.4, -0.2) is 11.4 Å². The molecule has 0 unspecified atom stereocenters. The molecule has 0 aromatic rings. The summed E-state index contributed by atoms with van der Waals surface area (Å²) >= 11 is 0. The molecule has 18 heavy (non-hydrogen) atoms. The average Bonchev–Trinajstić information content (AvgIpc) is 2.33. The lowest BCUT2D eigenvalue weighted by atomic mass is 9.90. The molecule has 0 atom stereocenters. The third-order valence-electron chi connectivity index (χ3n) is 2.29. The van der Waals surface area contributed by atoms with Crippen LogP contribution in [0, 0.1) is 0 Å². The molecule has 0 fully saturated rings. The van der Waals surface area contributed by atoms with Gasteiger partial charge in [0.1, 0.15) is 0 Å².